The maximum Gasteiger partial charge on any atom is 0.280 e. The van der Waals surface area contributed by atoms with E-state index in [2.05, 4.69) is 10.4 Å². The summed E-state index contributed by atoms with van der Waals surface area (Å²) < 4.78 is 4.86. The number of para-hydroxylation sites is 2. The quantitative estimate of drug-likeness (QED) is 0.401. The summed E-state index contributed by atoms with van der Waals surface area (Å²) in [5.41, 5.74) is 3.28. The van der Waals surface area contributed by atoms with Gasteiger partial charge < -0.3 is 9.88 Å². The van der Waals surface area contributed by atoms with Crippen LogP contribution in [0, 0.1) is 6.92 Å². The van der Waals surface area contributed by atoms with Gasteiger partial charge in [-0.05, 0) is 56.2 Å². The number of carbonyl (C=O) groups excluding carboxylic acids is 1. The summed E-state index contributed by atoms with van der Waals surface area (Å²) in [5.74, 6) is 0.293. The van der Waals surface area contributed by atoms with Crippen molar-refractivity contribution in [3.05, 3.63) is 101 Å². The first-order chi connectivity index (χ1) is 17.0. The lowest BCUT2D eigenvalue weighted by Crippen LogP contribution is -2.34. The average Bonchev–Trinajstić information content (AvgIpc) is 3.55. The van der Waals surface area contributed by atoms with Crippen LogP contribution in [0.25, 0.3) is 22.4 Å². The number of nitrogens with zero attached hydrogens (tertiary/aromatic N) is 5. The molecule has 176 valence electrons. The number of aryl methyl sites for hydroxylation is 2. The second-order valence-electron chi connectivity index (χ2n) is 8.40. The topological polar surface area (TPSA) is 86.7 Å². The molecule has 1 unspecified atom stereocenters. The van der Waals surface area contributed by atoms with Crippen LogP contribution in [0.1, 0.15) is 31.1 Å². The Hall–Kier alpha value is -4.46. The van der Waals surface area contributed by atoms with E-state index in [9.17, 15) is 9.59 Å². The highest BCUT2D eigenvalue weighted by atomic mass is 16.2. The Balaban J connectivity index is 1.66. The second-order valence-corrected chi connectivity index (χ2v) is 8.40. The summed E-state index contributed by atoms with van der Waals surface area (Å²) in [6.07, 6.45) is 4.52. The number of carbonyl (C=O) groups is 1. The number of amides is 1. The van der Waals surface area contributed by atoms with Gasteiger partial charge in [-0.15, -0.1) is 0 Å². The molecule has 3 heterocycles. The van der Waals surface area contributed by atoms with Crippen LogP contribution >= 0.6 is 0 Å². The molecule has 8 heteroatoms. The molecule has 0 aliphatic heterocycles. The molecule has 0 saturated carbocycles. The Kier molecular flexibility index (Phi) is 5.78. The molecule has 8 nitrogen and oxygen atoms in total. The van der Waals surface area contributed by atoms with E-state index in [0.717, 1.165) is 23.4 Å². The second kappa shape index (κ2) is 9.06. The smallest absolute Gasteiger partial charge is 0.280 e. The molecular weight excluding hydrogens is 440 g/mol. The molecule has 0 saturated heterocycles. The minimum absolute atomic E-state index is 0.308. The Bertz CT molecular complexity index is 1570. The fraction of sp³-hybridized carbons (Fsp3) is 0.185. The van der Waals surface area contributed by atoms with Gasteiger partial charge in [0.05, 0.1) is 11.4 Å². The average molecular weight is 467 g/mol. The van der Waals surface area contributed by atoms with Crippen LogP contribution in [0.15, 0.2) is 83.9 Å². The number of aromatic nitrogens is 5. The van der Waals surface area contributed by atoms with Gasteiger partial charge in [-0.2, -0.15) is 10.2 Å². The van der Waals surface area contributed by atoms with Crippen LogP contribution in [0.4, 0.5) is 5.69 Å². The molecule has 0 aliphatic rings. The SMILES string of the molecule is CCc1ccccc1NC(=O)C(C)n1nc(C)c2nn(-c3ccccc3)c(-n3cccc3)c2c1=O. The van der Waals surface area contributed by atoms with Crippen molar-refractivity contribution in [2.75, 3.05) is 5.32 Å². The van der Waals surface area contributed by atoms with E-state index in [0.29, 0.717) is 22.4 Å². The molecule has 0 aliphatic carbocycles. The maximum absolute atomic E-state index is 13.8. The van der Waals surface area contributed by atoms with Gasteiger partial charge in [-0.25, -0.2) is 9.36 Å². The lowest BCUT2D eigenvalue weighted by Gasteiger charge is -2.16. The first-order valence-electron chi connectivity index (χ1n) is 11.6. The molecule has 2 aromatic carbocycles. The first-order valence-corrected chi connectivity index (χ1v) is 11.6. The Morgan fingerprint density at radius 2 is 1.66 bits per heavy atom. The normalized spacial score (nSPS) is 12.1. The van der Waals surface area contributed by atoms with E-state index in [-0.39, 0.29) is 11.5 Å². The number of fused-ring (bicyclic) bond motifs is 1. The highest BCUT2D eigenvalue weighted by Crippen LogP contribution is 2.25. The van der Waals surface area contributed by atoms with Crippen LogP contribution < -0.4 is 10.9 Å². The molecule has 0 radical (unpaired) electrons. The van der Waals surface area contributed by atoms with E-state index >= 15 is 0 Å². The van der Waals surface area contributed by atoms with Gasteiger partial charge in [-0.3, -0.25) is 9.59 Å². The third kappa shape index (κ3) is 3.93. The summed E-state index contributed by atoms with van der Waals surface area (Å²) in [6, 6.07) is 20.2. The van der Waals surface area contributed by atoms with Crippen molar-refractivity contribution in [1.82, 2.24) is 24.1 Å². The predicted octanol–water partition coefficient (Wildman–Crippen LogP) is 4.44. The van der Waals surface area contributed by atoms with Gasteiger partial charge in [0.15, 0.2) is 5.82 Å². The number of hydrogen-bond donors (Lipinski definition) is 1. The molecule has 35 heavy (non-hydrogen) atoms. The molecular formula is C27H26N6O2. The molecule has 1 amide bonds. The molecule has 1 N–H and O–H groups in total. The molecule has 0 fully saturated rings. The van der Waals surface area contributed by atoms with E-state index in [1.165, 1.54) is 4.68 Å². The predicted molar refractivity (Wildman–Crippen MR) is 136 cm³/mol. The molecule has 0 bridgehead atoms. The van der Waals surface area contributed by atoms with Crippen LogP contribution in [0.2, 0.25) is 0 Å². The van der Waals surface area contributed by atoms with Crippen LogP contribution in [0.3, 0.4) is 0 Å². The van der Waals surface area contributed by atoms with Crippen LogP contribution in [-0.2, 0) is 11.2 Å². The summed E-state index contributed by atoms with van der Waals surface area (Å²) in [7, 11) is 0. The Morgan fingerprint density at radius 1 is 0.971 bits per heavy atom. The Morgan fingerprint density at radius 3 is 2.37 bits per heavy atom. The minimum atomic E-state index is -0.826. The van der Waals surface area contributed by atoms with Crippen LogP contribution in [-0.4, -0.2) is 30.0 Å². The van der Waals surface area contributed by atoms with E-state index < -0.39 is 6.04 Å². The van der Waals surface area contributed by atoms with Gasteiger partial charge in [-0.1, -0.05) is 43.3 Å². The highest BCUT2D eigenvalue weighted by molar-refractivity contribution is 5.94. The zero-order valence-corrected chi connectivity index (χ0v) is 19.8. The highest BCUT2D eigenvalue weighted by Gasteiger charge is 2.25. The first kappa shape index (κ1) is 22.3. The van der Waals surface area contributed by atoms with Crippen molar-refractivity contribution in [3.63, 3.8) is 0 Å². The van der Waals surface area contributed by atoms with Gasteiger partial charge in [0.1, 0.15) is 16.9 Å². The van der Waals surface area contributed by atoms with Gasteiger partial charge in [0.2, 0.25) is 5.91 Å². The van der Waals surface area contributed by atoms with Gasteiger partial charge >= 0.3 is 0 Å². The number of rotatable bonds is 6. The summed E-state index contributed by atoms with van der Waals surface area (Å²) >= 11 is 0. The number of benzene rings is 2. The monoisotopic (exact) mass is 466 g/mol. The van der Waals surface area contributed by atoms with Gasteiger partial charge in [0.25, 0.3) is 5.56 Å². The molecule has 3 aromatic heterocycles. The third-order valence-electron chi connectivity index (χ3n) is 6.14. The molecule has 5 rings (SSSR count). The van der Waals surface area contributed by atoms with Gasteiger partial charge in [0, 0.05) is 18.1 Å². The maximum atomic E-state index is 13.8. The van der Waals surface area contributed by atoms with E-state index in [1.54, 1.807) is 18.5 Å². The zero-order valence-electron chi connectivity index (χ0n) is 19.8. The molecule has 5 aromatic rings. The van der Waals surface area contributed by atoms with E-state index in [1.807, 2.05) is 90.6 Å². The van der Waals surface area contributed by atoms with Crippen molar-refractivity contribution >= 4 is 22.5 Å². The minimum Gasteiger partial charge on any atom is -0.324 e. The Labute approximate surface area is 202 Å². The zero-order chi connectivity index (χ0) is 24.5. The third-order valence-corrected chi connectivity index (χ3v) is 6.14. The van der Waals surface area contributed by atoms with Crippen molar-refractivity contribution in [2.24, 2.45) is 0 Å². The standard InChI is InChI=1S/C27H26N6O2/c1-4-20-12-8-9-15-22(20)28-25(34)19(3)32-27(35)23-24(18(2)29-32)30-33(21-13-6-5-7-14-21)26(23)31-16-10-11-17-31/h5-17,19H,4H2,1-3H3,(H,28,34). The summed E-state index contributed by atoms with van der Waals surface area (Å²) in [4.78, 5) is 27.0. The van der Waals surface area contributed by atoms with Crippen molar-refractivity contribution in [3.8, 4) is 11.5 Å². The van der Waals surface area contributed by atoms with Crippen molar-refractivity contribution in [2.45, 2.75) is 33.2 Å². The van der Waals surface area contributed by atoms with Crippen LogP contribution in [0.5, 0.6) is 0 Å². The summed E-state index contributed by atoms with van der Waals surface area (Å²) in [6.45, 7) is 5.52. The summed E-state index contributed by atoms with van der Waals surface area (Å²) in [5, 5.41) is 12.6. The lowest BCUT2D eigenvalue weighted by atomic mass is 10.1. The number of nitrogens with one attached hydrogen (secondary N) is 1. The number of anilines is 1. The molecule has 0 spiro atoms. The fourth-order valence-electron chi connectivity index (χ4n) is 4.25. The molecule has 1 atom stereocenters. The van der Waals surface area contributed by atoms with E-state index in [4.69, 9.17) is 5.10 Å². The van der Waals surface area contributed by atoms with Crippen molar-refractivity contribution < 1.29 is 4.79 Å². The largest absolute Gasteiger partial charge is 0.324 e. The lowest BCUT2D eigenvalue weighted by molar-refractivity contribution is -0.119. The fourth-order valence-corrected chi connectivity index (χ4v) is 4.25. The van der Waals surface area contributed by atoms with Crippen molar-refractivity contribution in [1.29, 1.82) is 0 Å². The number of hydrogen-bond acceptors (Lipinski definition) is 4.